The second-order valence-electron chi connectivity index (χ2n) is 6.89. The highest BCUT2D eigenvalue weighted by Crippen LogP contribution is 2.39. The molecule has 0 aromatic carbocycles. The Labute approximate surface area is 111 Å². The average Bonchev–Trinajstić information content (AvgIpc) is 3.08. The molecule has 0 spiro atoms. The van der Waals surface area contributed by atoms with E-state index in [0.717, 1.165) is 19.0 Å². The first kappa shape index (κ1) is 12.9. The van der Waals surface area contributed by atoms with Crippen molar-refractivity contribution in [3.8, 4) is 0 Å². The summed E-state index contributed by atoms with van der Waals surface area (Å²) in [6.45, 7) is 4.53. The smallest absolute Gasteiger partial charge is 0.0667 e. The van der Waals surface area contributed by atoms with Crippen LogP contribution in [0.4, 0.5) is 0 Å². The lowest BCUT2D eigenvalue weighted by molar-refractivity contribution is 0.0437. The van der Waals surface area contributed by atoms with Gasteiger partial charge in [0.1, 0.15) is 0 Å². The van der Waals surface area contributed by atoms with Crippen molar-refractivity contribution in [3.05, 3.63) is 0 Å². The van der Waals surface area contributed by atoms with Crippen LogP contribution in [0.5, 0.6) is 0 Å². The van der Waals surface area contributed by atoms with Crippen molar-refractivity contribution in [1.29, 1.82) is 0 Å². The van der Waals surface area contributed by atoms with Gasteiger partial charge >= 0.3 is 0 Å². The zero-order chi connectivity index (χ0) is 12.4. The van der Waals surface area contributed by atoms with E-state index < -0.39 is 0 Å². The maximum Gasteiger partial charge on any atom is 0.0667 e. The van der Waals surface area contributed by atoms with Crippen molar-refractivity contribution in [2.24, 2.45) is 5.41 Å². The number of β-amino-alcohol motifs (C(OH)–C–C–N with tert-alkyl or cyclic N) is 1. The van der Waals surface area contributed by atoms with E-state index in [9.17, 15) is 5.11 Å². The molecule has 3 aliphatic rings. The van der Waals surface area contributed by atoms with Gasteiger partial charge in [0, 0.05) is 25.7 Å². The average molecular weight is 252 g/mol. The van der Waals surface area contributed by atoms with E-state index in [1.807, 2.05) is 0 Å². The molecule has 2 aliphatic carbocycles. The summed E-state index contributed by atoms with van der Waals surface area (Å²) in [4.78, 5) is 2.52. The monoisotopic (exact) mass is 252 g/mol. The standard InChI is InChI=1S/C15H28N2O/c18-14-4-3-9-17(10-14)12-15(7-1-2-8-15)11-16-13-5-6-13/h13-14,16,18H,1-12H2. The topological polar surface area (TPSA) is 35.5 Å². The van der Waals surface area contributed by atoms with Crippen molar-refractivity contribution in [3.63, 3.8) is 0 Å². The summed E-state index contributed by atoms with van der Waals surface area (Å²) >= 11 is 0. The van der Waals surface area contributed by atoms with E-state index in [1.54, 1.807) is 0 Å². The summed E-state index contributed by atoms with van der Waals surface area (Å²) in [7, 11) is 0. The van der Waals surface area contributed by atoms with E-state index in [2.05, 4.69) is 10.2 Å². The van der Waals surface area contributed by atoms with Gasteiger partial charge < -0.3 is 15.3 Å². The van der Waals surface area contributed by atoms with Gasteiger partial charge in [-0.1, -0.05) is 12.8 Å². The third-order valence-electron chi connectivity index (χ3n) is 5.05. The predicted octanol–water partition coefficient (Wildman–Crippen LogP) is 1.76. The molecule has 2 saturated carbocycles. The van der Waals surface area contributed by atoms with Crippen LogP contribution in [0.25, 0.3) is 0 Å². The largest absolute Gasteiger partial charge is 0.392 e. The van der Waals surface area contributed by atoms with Gasteiger partial charge in [0.05, 0.1) is 6.10 Å². The number of nitrogens with zero attached hydrogens (tertiary/aromatic N) is 1. The Morgan fingerprint density at radius 2 is 1.89 bits per heavy atom. The quantitative estimate of drug-likeness (QED) is 0.782. The molecule has 0 aromatic heterocycles. The molecule has 0 aromatic rings. The molecule has 3 fully saturated rings. The summed E-state index contributed by atoms with van der Waals surface area (Å²) in [5.41, 5.74) is 0.514. The Balaban J connectivity index is 1.54. The SMILES string of the molecule is OC1CCCN(CC2(CNC3CC3)CCCC2)C1. The number of hydrogen-bond acceptors (Lipinski definition) is 3. The van der Waals surface area contributed by atoms with Gasteiger partial charge in [-0.3, -0.25) is 0 Å². The van der Waals surface area contributed by atoms with E-state index >= 15 is 0 Å². The minimum atomic E-state index is -0.0754. The van der Waals surface area contributed by atoms with Gasteiger partial charge in [-0.25, -0.2) is 0 Å². The minimum Gasteiger partial charge on any atom is -0.392 e. The van der Waals surface area contributed by atoms with Gasteiger partial charge in [-0.05, 0) is 50.5 Å². The van der Waals surface area contributed by atoms with Crippen molar-refractivity contribution in [2.75, 3.05) is 26.2 Å². The van der Waals surface area contributed by atoms with Crippen molar-refractivity contribution >= 4 is 0 Å². The van der Waals surface area contributed by atoms with Gasteiger partial charge in [0.25, 0.3) is 0 Å². The molecule has 1 unspecified atom stereocenters. The number of likely N-dealkylation sites (tertiary alicyclic amines) is 1. The molecule has 18 heavy (non-hydrogen) atoms. The molecule has 104 valence electrons. The minimum absolute atomic E-state index is 0.0754. The molecule has 0 bridgehead atoms. The number of aliphatic hydroxyl groups excluding tert-OH is 1. The molecule has 2 N–H and O–H groups in total. The lowest BCUT2D eigenvalue weighted by atomic mass is 9.84. The second-order valence-corrected chi connectivity index (χ2v) is 6.89. The first-order valence-electron chi connectivity index (χ1n) is 7.90. The fourth-order valence-electron chi connectivity index (χ4n) is 3.81. The van der Waals surface area contributed by atoms with Gasteiger partial charge in [0.15, 0.2) is 0 Å². The van der Waals surface area contributed by atoms with Crippen LogP contribution in [0, 0.1) is 5.41 Å². The molecular formula is C15H28N2O. The molecule has 3 rings (SSSR count). The molecule has 1 atom stereocenters. The second kappa shape index (κ2) is 5.48. The maximum atomic E-state index is 9.81. The molecule has 0 amide bonds. The summed E-state index contributed by atoms with van der Waals surface area (Å²) in [6.07, 6.45) is 10.5. The first-order chi connectivity index (χ1) is 8.76. The highest BCUT2D eigenvalue weighted by atomic mass is 16.3. The first-order valence-corrected chi connectivity index (χ1v) is 7.90. The number of piperidine rings is 1. The molecule has 0 radical (unpaired) electrons. The highest BCUT2D eigenvalue weighted by molar-refractivity contribution is 4.93. The highest BCUT2D eigenvalue weighted by Gasteiger charge is 2.37. The maximum absolute atomic E-state index is 9.81. The van der Waals surface area contributed by atoms with E-state index in [-0.39, 0.29) is 6.10 Å². The van der Waals surface area contributed by atoms with Crippen LogP contribution in [0.2, 0.25) is 0 Å². The third kappa shape index (κ3) is 3.25. The van der Waals surface area contributed by atoms with E-state index in [0.29, 0.717) is 5.41 Å². The van der Waals surface area contributed by atoms with E-state index in [1.165, 1.54) is 64.6 Å². The lowest BCUT2D eigenvalue weighted by Gasteiger charge is -2.38. The third-order valence-corrected chi connectivity index (χ3v) is 5.05. The molecule has 3 nitrogen and oxygen atoms in total. The molecular weight excluding hydrogens is 224 g/mol. The Hall–Kier alpha value is -0.120. The number of nitrogens with one attached hydrogen (secondary N) is 1. The Bertz CT molecular complexity index is 272. The normalized spacial score (nSPS) is 32.8. The summed E-state index contributed by atoms with van der Waals surface area (Å²) in [5.74, 6) is 0. The summed E-state index contributed by atoms with van der Waals surface area (Å²) < 4.78 is 0. The van der Waals surface area contributed by atoms with Crippen LogP contribution in [0.1, 0.15) is 51.4 Å². The number of hydrogen-bond donors (Lipinski definition) is 2. The fourth-order valence-corrected chi connectivity index (χ4v) is 3.81. The van der Waals surface area contributed by atoms with Crippen molar-refractivity contribution in [2.45, 2.75) is 63.5 Å². The van der Waals surface area contributed by atoms with E-state index in [4.69, 9.17) is 0 Å². The van der Waals surface area contributed by atoms with Crippen LogP contribution < -0.4 is 5.32 Å². The number of aliphatic hydroxyl groups is 1. The summed E-state index contributed by atoms with van der Waals surface area (Å²) in [5, 5.41) is 13.6. The Morgan fingerprint density at radius 3 is 2.56 bits per heavy atom. The zero-order valence-electron chi connectivity index (χ0n) is 11.5. The Kier molecular flexibility index (Phi) is 3.92. The molecule has 3 heteroatoms. The molecule has 1 saturated heterocycles. The van der Waals surface area contributed by atoms with Crippen molar-refractivity contribution in [1.82, 2.24) is 10.2 Å². The Morgan fingerprint density at radius 1 is 1.11 bits per heavy atom. The lowest BCUT2D eigenvalue weighted by Crippen LogP contribution is -2.47. The van der Waals surface area contributed by atoms with Gasteiger partial charge in [-0.15, -0.1) is 0 Å². The molecule has 1 heterocycles. The van der Waals surface area contributed by atoms with Gasteiger partial charge in [-0.2, -0.15) is 0 Å². The predicted molar refractivity (Wildman–Crippen MR) is 73.6 cm³/mol. The van der Waals surface area contributed by atoms with Gasteiger partial charge in [0.2, 0.25) is 0 Å². The van der Waals surface area contributed by atoms with Crippen molar-refractivity contribution < 1.29 is 5.11 Å². The number of rotatable bonds is 5. The summed E-state index contributed by atoms with van der Waals surface area (Å²) in [6, 6.07) is 0.828. The van der Waals surface area contributed by atoms with Crippen LogP contribution in [-0.4, -0.2) is 48.3 Å². The van der Waals surface area contributed by atoms with Crippen LogP contribution in [-0.2, 0) is 0 Å². The molecule has 1 aliphatic heterocycles. The van der Waals surface area contributed by atoms with Crippen LogP contribution >= 0.6 is 0 Å². The zero-order valence-corrected chi connectivity index (χ0v) is 11.5. The van der Waals surface area contributed by atoms with Crippen LogP contribution in [0.15, 0.2) is 0 Å². The van der Waals surface area contributed by atoms with Crippen LogP contribution in [0.3, 0.4) is 0 Å². The fraction of sp³-hybridized carbons (Fsp3) is 1.00.